The maximum absolute atomic E-state index is 9.08. The first-order valence-electron chi connectivity index (χ1n) is 17.6. The van der Waals surface area contributed by atoms with Crippen molar-refractivity contribution in [1.82, 2.24) is 0 Å². The zero-order chi connectivity index (χ0) is 35.4. The van der Waals surface area contributed by atoms with E-state index in [4.69, 9.17) is 18.7 Å². The molecular formula is C41H55N3O3PPdS-. The van der Waals surface area contributed by atoms with Crippen LogP contribution in [0, 0.1) is 0 Å². The van der Waals surface area contributed by atoms with Crippen molar-refractivity contribution in [3.8, 4) is 22.3 Å². The van der Waals surface area contributed by atoms with Crippen molar-refractivity contribution in [2.75, 3.05) is 50.0 Å². The average Bonchev–Trinajstić information content (AvgIpc) is 3.09. The first kappa shape index (κ1) is 41.7. The van der Waals surface area contributed by atoms with E-state index in [0.29, 0.717) is 6.26 Å². The Labute approximate surface area is 317 Å². The van der Waals surface area contributed by atoms with E-state index in [2.05, 4.69) is 92.6 Å². The largest absolute Gasteiger partial charge is 0.748 e. The molecule has 4 aromatic carbocycles. The number of benzene rings is 4. The number of anilines is 3. The number of nitrogens with two attached hydrogens (primary N) is 1. The van der Waals surface area contributed by atoms with Crippen LogP contribution in [0.25, 0.3) is 22.3 Å². The van der Waals surface area contributed by atoms with Crippen LogP contribution in [0.3, 0.4) is 0 Å². The molecule has 0 bridgehead atoms. The first-order chi connectivity index (χ1) is 23.5. The fourth-order valence-corrected chi connectivity index (χ4v) is 11.2. The summed E-state index contributed by atoms with van der Waals surface area (Å²) in [6.45, 7) is 0. The fourth-order valence-electron chi connectivity index (χ4n) is 7.25. The quantitative estimate of drug-likeness (QED) is 0.0867. The topological polar surface area (TPSA) is 89.7 Å². The van der Waals surface area contributed by atoms with Gasteiger partial charge in [-0.15, -0.1) is 0 Å². The van der Waals surface area contributed by atoms with Crippen LogP contribution in [-0.2, 0) is 30.5 Å². The van der Waals surface area contributed by atoms with Gasteiger partial charge in [0.1, 0.15) is 0 Å². The fraction of sp³-hybridized carbons (Fsp3) is 0.415. The Bertz CT molecular complexity index is 1660. The molecule has 0 spiro atoms. The number of hydrogen-bond donors (Lipinski definition) is 1. The summed E-state index contributed by atoms with van der Waals surface area (Å²) in [5.41, 5.74) is 16.4. The standard InChI is InChI=1S/C28H41N2P.C12H11N.CH4O3S.Pd/c1-29(2)25-19-13-20-26(30(3)4)28(25)24-18-11-12-21-27(24)31(22-14-7-5-8-15-22)23-16-9-6-10-17-23;13-12-9-5-4-8-11(12)10-6-2-1-3-7-10;1-5(2,3)4;/h11-13,18-23H,5-10,14-17H2,1-4H3;1-9H,13H2;1H3,(H,2,3,4);/p-1. The number of rotatable bonds is 7. The number of nitrogens with zero attached hydrogens (tertiary/aromatic N) is 2. The number of nitrogen functional groups attached to an aromatic ring is 1. The minimum atomic E-state index is -3.92. The van der Waals surface area contributed by atoms with Crippen LogP contribution in [0.15, 0.2) is 97.1 Å². The van der Waals surface area contributed by atoms with Crippen molar-refractivity contribution in [3.63, 3.8) is 0 Å². The molecule has 0 saturated heterocycles. The Hall–Kier alpha value is -2.72. The van der Waals surface area contributed by atoms with Gasteiger partial charge in [-0.3, -0.25) is 0 Å². The van der Waals surface area contributed by atoms with Gasteiger partial charge in [0.05, 0.1) is 10.1 Å². The molecule has 0 amide bonds. The third kappa shape index (κ3) is 12.2. The molecule has 2 N–H and O–H groups in total. The summed E-state index contributed by atoms with van der Waals surface area (Å²) in [4.78, 5) is 4.59. The monoisotopic (exact) mass is 806 g/mol. The van der Waals surface area contributed by atoms with Crippen molar-refractivity contribution < 1.29 is 33.4 Å². The molecule has 2 aliphatic carbocycles. The molecule has 50 heavy (non-hydrogen) atoms. The van der Waals surface area contributed by atoms with Gasteiger partial charge in [0, 0.05) is 83.1 Å². The molecule has 9 heteroatoms. The summed E-state index contributed by atoms with van der Waals surface area (Å²) >= 11 is 0. The molecule has 2 fully saturated rings. The Kier molecular flexibility index (Phi) is 17.0. The second-order valence-electron chi connectivity index (χ2n) is 13.6. The Morgan fingerprint density at radius 3 is 1.50 bits per heavy atom. The normalized spacial score (nSPS) is 15.1. The molecule has 6 nitrogen and oxygen atoms in total. The smallest absolute Gasteiger partial charge is 0.0916 e. The first-order valence-corrected chi connectivity index (χ1v) is 20.9. The molecule has 2 saturated carbocycles. The minimum Gasteiger partial charge on any atom is -0.748 e. The van der Waals surface area contributed by atoms with Crippen LogP contribution in [0.5, 0.6) is 0 Å². The zero-order valence-electron chi connectivity index (χ0n) is 30.3. The van der Waals surface area contributed by atoms with Gasteiger partial charge in [-0.05, 0) is 71.6 Å². The van der Waals surface area contributed by atoms with Gasteiger partial charge < -0.3 is 20.1 Å². The van der Waals surface area contributed by atoms with E-state index >= 15 is 0 Å². The van der Waals surface area contributed by atoms with E-state index in [1.54, 1.807) is 5.30 Å². The number of hydrogen-bond acceptors (Lipinski definition) is 6. The van der Waals surface area contributed by atoms with Gasteiger partial charge in [0.2, 0.25) is 0 Å². The van der Waals surface area contributed by atoms with Gasteiger partial charge in [-0.1, -0.05) is 125 Å². The van der Waals surface area contributed by atoms with Crippen molar-refractivity contribution >= 4 is 40.4 Å². The molecule has 0 heterocycles. The van der Waals surface area contributed by atoms with Crippen molar-refractivity contribution in [2.24, 2.45) is 0 Å². The van der Waals surface area contributed by atoms with Gasteiger partial charge in [-0.25, -0.2) is 8.42 Å². The van der Waals surface area contributed by atoms with E-state index in [1.165, 1.54) is 92.3 Å². The molecule has 0 atom stereocenters. The molecule has 274 valence electrons. The third-order valence-electron chi connectivity index (χ3n) is 9.42. The summed E-state index contributed by atoms with van der Waals surface area (Å²) in [5, 5.41) is 1.69. The summed E-state index contributed by atoms with van der Waals surface area (Å²) in [5.74, 6) is 0. The summed E-state index contributed by atoms with van der Waals surface area (Å²) < 4.78 is 27.2. The average molecular weight is 807 g/mol. The maximum atomic E-state index is 9.08. The van der Waals surface area contributed by atoms with E-state index in [1.807, 2.05) is 42.5 Å². The van der Waals surface area contributed by atoms with Crippen molar-refractivity contribution in [2.45, 2.75) is 75.5 Å². The van der Waals surface area contributed by atoms with Gasteiger partial charge >= 0.3 is 0 Å². The predicted octanol–water partition coefficient (Wildman–Crippen LogP) is 9.35. The van der Waals surface area contributed by atoms with E-state index in [0.717, 1.165) is 22.6 Å². The van der Waals surface area contributed by atoms with Crippen LogP contribution in [-0.4, -0.2) is 58.7 Å². The Morgan fingerprint density at radius 2 is 1.04 bits per heavy atom. The molecular weight excluding hydrogens is 752 g/mol. The predicted molar refractivity (Wildman–Crippen MR) is 213 cm³/mol. The van der Waals surface area contributed by atoms with Gasteiger partial charge in [0.15, 0.2) is 0 Å². The molecule has 0 aliphatic heterocycles. The zero-order valence-corrected chi connectivity index (χ0v) is 33.6. The molecule has 6 rings (SSSR count). The molecule has 4 aromatic rings. The van der Waals surface area contributed by atoms with Crippen LogP contribution in [0.2, 0.25) is 0 Å². The maximum Gasteiger partial charge on any atom is 0.0916 e. The third-order valence-corrected chi connectivity index (χ3v) is 13.0. The minimum absolute atomic E-state index is 0. The summed E-state index contributed by atoms with van der Waals surface area (Å²) in [6.07, 6.45) is 15.1. The van der Waals surface area contributed by atoms with Crippen LogP contribution in [0.4, 0.5) is 17.1 Å². The van der Waals surface area contributed by atoms with Crippen molar-refractivity contribution in [1.29, 1.82) is 0 Å². The molecule has 0 aromatic heterocycles. The number of para-hydroxylation sites is 1. The van der Waals surface area contributed by atoms with Gasteiger partial charge in [0.25, 0.3) is 0 Å². The molecule has 0 unspecified atom stereocenters. The molecule has 2 aliphatic rings. The Morgan fingerprint density at radius 1 is 0.620 bits per heavy atom. The second kappa shape index (κ2) is 20.4. The summed E-state index contributed by atoms with van der Waals surface area (Å²) in [6, 6.07) is 34.4. The van der Waals surface area contributed by atoms with E-state index in [9.17, 15) is 0 Å². The molecule has 0 radical (unpaired) electrons. The summed E-state index contributed by atoms with van der Waals surface area (Å²) in [7, 11) is 4.69. The SMILES string of the molecule is CN(C)c1cccc(N(C)C)c1-c1ccccc1P(C1CCCCC1)C1CCCCC1.CS(=O)(=O)[O-].Nc1ccccc1-c1ccccc1.[Pd]. The second-order valence-corrected chi connectivity index (χ2v) is 17.8. The van der Waals surface area contributed by atoms with Crippen LogP contribution in [0.1, 0.15) is 64.2 Å². The van der Waals surface area contributed by atoms with Gasteiger partial charge in [-0.2, -0.15) is 0 Å². The van der Waals surface area contributed by atoms with Crippen molar-refractivity contribution in [3.05, 3.63) is 97.1 Å². The van der Waals surface area contributed by atoms with Crippen LogP contribution < -0.4 is 20.8 Å². The van der Waals surface area contributed by atoms with Crippen LogP contribution >= 0.6 is 7.92 Å². The Balaban J connectivity index is 0.000000293. The van der Waals surface area contributed by atoms with E-state index in [-0.39, 0.29) is 28.3 Å². The van der Waals surface area contributed by atoms with E-state index < -0.39 is 10.1 Å².